The van der Waals surface area contributed by atoms with Crippen LogP contribution in [-0.2, 0) is 6.42 Å². The van der Waals surface area contributed by atoms with Crippen molar-refractivity contribution in [2.24, 2.45) is 0 Å². The molecule has 0 aliphatic heterocycles. The van der Waals surface area contributed by atoms with E-state index in [1.807, 2.05) is 0 Å². The molecule has 0 saturated carbocycles. The molecule has 5 heteroatoms. The lowest BCUT2D eigenvalue weighted by atomic mass is 10.2. The van der Waals surface area contributed by atoms with Gasteiger partial charge in [0, 0.05) is 17.3 Å². The summed E-state index contributed by atoms with van der Waals surface area (Å²) in [6.45, 7) is 0. The molecule has 0 aliphatic carbocycles. The molecule has 90 valence electrons. The Balaban J connectivity index is 2.24. The predicted molar refractivity (Wildman–Crippen MR) is 65.9 cm³/mol. The second-order valence-electron chi connectivity index (χ2n) is 3.53. The van der Waals surface area contributed by atoms with Crippen LogP contribution in [0.1, 0.15) is 12.3 Å². The summed E-state index contributed by atoms with van der Waals surface area (Å²) in [6.07, 6.45) is 2.94. The number of alkyl halides is 1. The van der Waals surface area contributed by atoms with Crippen molar-refractivity contribution >= 4 is 23.2 Å². The number of aryl methyl sites for hydroxylation is 1. The van der Waals surface area contributed by atoms with Gasteiger partial charge in [0.05, 0.1) is 11.8 Å². The first kappa shape index (κ1) is 12.4. The van der Waals surface area contributed by atoms with E-state index in [0.717, 1.165) is 6.42 Å². The van der Waals surface area contributed by atoms with Gasteiger partial charge in [-0.25, -0.2) is 9.37 Å². The number of hydrogen-bond acceptors (Lipinski definition) is 2. The van der Waals surface area contributed by atoms with Gasteiger partial charge in [0.25, 0.3) is 0 Å². The molecule has 1 heterocycles. The van der Waals surface area contributed by atoms with Crippen molar-refractivity contribution in [1.29, 1.82) is 0 Å². The fraction of sp³-hybridized carbons (Fsp3) is 0.250. The van der Waals surface area contributed by atoms with E-state index in [1.54, 1.807) is 12.1 Å². The Morgan fingerprint density at radius 2 is 2.18 bits per heavy atom. The van der Waals surface area contributed by atoms with Crippen molar-refractivity contribution in [3.05, 3.63) is 41.1 Å². The van der Waals surface area contributed by atoms with Gasteiger partial charge in [0.1, 0.15) is 5.82 Å². The van der Waals surface area contributed by atoms with E-state index in [2.05, 4.69) is 4.98 Å². The van der Waals surface area contributed by atoms with E-state index in [1.165, 1.54) is 12.3 Å². The molecule has 1 aromatic heterocycles. The van der Waals surface area contributed by atoms with Gasteiger partial charge >= 0.3 is 0 Å². The third-order valence-electron chi connectivity index (χ3n) is 2.27. The number of halogens is 3. The maximum Gasteiger partial charge on any atom is 0.194 e. The van der Waals surface area contributed by atoms with E-state index in [-0.39, 0.29) is 0 Å². The Morgan fingerprint density at radius 1 is 1.35 bits per heavy atom. The first-order valence-corrected chi connectivity index (χ1v) is 6.08. The summed E-state index contributed by atoms with van der Waals surface area (Å²) in [5.74, 6) is 1.10. The van der Waals surface area contributed by atoms with E-state index in [9.17, 15) is 4.39 Å². The van der Waals surface area contributed by atoms with Gasteiger partial charge < -0.3 is 4.42 Å². The third kappa shape index (κ3) is 2.99. The number of aromatic nitrogens is 1. The van der Waals surface area contributed by atoms with E-state index >= 15 is 0 Å². The summed E-state index contributed by atoms with van der Waals surface area (Å²) in [5, 5.41) is 0.355. The van der Waals surface area contributed by atoms with E-state index < -0.39 is 5.82 Å². The number of oxazole rings is 1. The van der Waals surface area contributed by atoms with Gasteiger partial charge in [0.15, 0.2) is 11.7 Å². The van der Waals surface area contributed by atoms with Crippen molar-refractivity contribution in [2.75, 3.05) is 5.88 Å². The van der Waals surface area contributed by atoms with Crippen molar-refractivity contribution < 1.29 is 8.81 Å². The Labute approximate surface area is 108 Å². The first-order chi connectivity index (χ1) is 8.20. The molecule has 2 rings (SSSR count). The Kier molecular flexibility index (Phi) is 4.02. The molecule has 1 aromatic carbocycles. The van der Waals surface area contributed by atoms with Crippen LogP contribution in [0.5, 0.6) is 0 Å². The quantitative estimate of drug-likeness (QED) is 0.776. The zero-order chi connectivity index (χ0) is 12.3. The predicted octanol–water partition coefficient (Wildman–Crippen LogP) is 4.31. The van der Waals surface area contributed by atoms with Crippen LogP contribution in [0.15, 0.2) is 28.8 Å². The van der Waals surface area contributed by atoms with Crippen LogP contribution < -0.4 is 0 Å². The van der Waals surface area contributed by atoms with Gasteiger partial charge in [-0.2, -0.15) is 0 Å². The van der Waals surface area contributed by atoms with Crippen LogP contribution in [0.25, 0.3) is 11.3 Å². The molecule has 0 spiro atoms. The minimum atomic E-state index is -0.419. The van der Waals surface area contributed by atoms with Crippen molar-refractivity contribution in [3.63, 3.8) is 0 Å². The smallest absolute Gasteiger partial charge is 0.194 e. The first-order valence-electron chi connectivity index (χ1n) is 5.17. The highest BCUT2D eigenvalue weighted by atomic mass is 35.5. The molecule has 0 atom stereocenters. The summed E-state index contributed by atoms with van der Waals surface area (Å²) >= 11 is 11.3. The van der Waals surface area contributed by atoms with Crippen LogP contribution in [0, 0.1) is 5.82 Å². The fourth-order valence-electron chi connectivity index (χ4n) is 1.46. The monoisotopic (exact) mass is 273 g/mol. The lowest BCUT2D eigenvalue weighted by Gasteiger charge is -1.99. The number of rotatable bonds is 4. The summed E-state index contributed by atoms with van der Waals surface area (Å²) in [6, 6.07) is 4.43. The second kappa shape index (κ2) is 5.52. The lowest BCUT2D eigenvalue weighted by Crippen LogP contribution is -1.85. The third-order valence-corrected chi connectivity index (χ3v) is 2.78. The van der Waals surface area contributed by atoms with Gasteiger partial charge in [-0.3, -0.25) is 0 Å². The number of nitrogens with zero attached hydrogens (tertiary/aromatic N) is 1. The second-order valence-corrected chi connectivity index (χ2v) is 4.35. The Hall–Kier alpha value is -1.06. The summed E-state index contributed by atoms with van der Waals surface area (Å²) in [4.78, 5) is 4.07. The van der Waals surface area contributed by atoms with Crippen LogP contribution in [0.3, 0.4) is 0 Å². The molecule has 0 N–H and O–H groups in total. The highest BCUT2D eigenvalue weighted by Gasteiger charge is 2.11. The maximum atomic E-state index is 13.6. The largest absolute Gasteiger partial charge is 0.441 e. The molecule has 0 unspecified atom stereocenters. The van der Waals surface area contributed by atoms with Crippen molar-refractivity contribution in [2.45, 2.75) is 12.8 Å². The summed E-state index contributed by atoms with van der Waals surface area (Å²) in [5.41, 5.74) is 0.360. The van der Waals surface area contributed by atoms with Gasteiger partial charge in [-0.15, -0.1) is 11.6 Å². The molecule has 0 saturated heterocycles. The van der Waals surface area contributed by atoms with Crippen LogP contribution in [-0.4, -0.2) is 10.9 Å². The normalized spacial score (nSPS) is 10.8. The van der Waals surface area contributed by atoms with Crippen LogP contribution in [0.4, 0.5) is 4.39 Å². The number of benzene rings is 1. The molecule has 2 aromatic rings. The van der Waals surface area contributed by atoms with Gasteiger partial charge in [-0.05, 0) is 24.6 Å². The maximum absolute atomic E-state index is 13.6. The lowest BCUT2D eigenvalue weighted by molar-refractivity contribution is 0.499. The fourth-order valence-corrected chi connectivity index (χ4v) is 1.75. The highest BCUT2D eigenvalue weighted by molar-refractivity contribution is 6.30. The highest BCUT2D eigenvalue weighted by Crippen LogP contribution is 2.26. The molecule has 0 amide bonds. The Bertz CT molecular complexity index is 513. The zero-order valence-corrected chi connectivity index (χ0v) is 10.4. The molecule has 0 bridgehead atoms. The van der Waals surface area contributed by atoms with Crippen molar-refractivity contribution in [3.8, 4) is 11.3 Å². The topological polar surface area (TPSA) is 26.0 Å². The average Bonchev–Trinajstić information content (AvgIpc) is 2.75. The molecule has 0 fully saturated rings. The van der Waals surface area contributed by atoms with Crippen LogP contribution >= 0.6 is 23.2 Å². The minimum Gasteiger partial charge on any atom is -0.441 e. The summed E-state index contributed by atoms with van der Waals surface area (Å²) < 4.78 is 19.0. The zero-order valence-electron chi connectivity index (χ0n) is 8.92. The van der Waals surface area contributed by atoms with Crippen molar-refractivity contribution in [1.82, 2.24) is 4.98 Å². The van der Waals surface area contributed by atoms with Gasteiger partial charge in [0.2, 0.25) is 0 Å². The SMILES string of the molecule is Fc1cc(Cl)ccc1-c1cnc(CCCCl)o1. The average molecular weight is 274 g/mol. The number of hydrogen-bond donors (Lipinski definition) is 0. The molecule has 0 radical (unpaired) electrons. The molecule has 2 nitrogen and oxygen atoms in total. The van der Waals surface area contributed by atoms with E-state index in [0.29, 0.717) is 34.5 Å². The molecular formula is C12H10Cl2FNO. The summed E-state index contributed by atoms with van der Waals surface area (Å²) in [7, 11) is 0. The van der Waals surface area contributed by atoms with Crippen LogP contribution in [0.2, 0.25) is 5.02 Å². The Morgan fingerprint density at radius 3 is 2.88 bits per heavy atom. The molecule has 17 heavy (non-hydrogen) atoms. The molecular weight excluding hydrogens is 264 g/mol. The molecule has 0 aliphatic rings. The minimum absolute atomic E-state index is 0.355. The van der Waals surface area contributed by atoms with Gasteiger partial charge in [-0.1, -0.05) is 11.6 Å². The standard InChI is InChI=1S/C12H10Cl2FNO/c13-5-1-2-12-16-7-11(17-12)9-4-3-8(14)6-10(9)15/h3-4,6-7H,1-2,5H2. The van der Waals surface area contributed by atoms with E-state index in [4.69, 9.17) is 27.6 Å².